The predicted molar refractivity (Wildman–Crippen MR) is 86.0 cm³/mol. The van der Waals surface area contributed by atoms with Gasteiger partial charge in [-0.05, 0) is 25.7 Å². The van der Waals surface area contributed by atoms with Crippen LogP contribution in [0.15, 0.2) is 12.4 Å². The Hall–Kier alpha value is -2.51. The molecule has 1 saturated carbocycles. The Morgan fingerprint density at radius 2 is 2.17 bits per heavy atom. The molecule has 1 aliphatic carbocycles. The Labute approximate surface area is 133 Å². The van der Waals surface area contributed by atoms with Crippen molar-refractivity contribution in [1.29, 1.82) is 0 Å². The number of rotatable bonds is 4. The van der Waals surface area contributed by atoms with Gasteiger partial charge in [-0.1, -0.05) is 19.8 Å². The highest BCUT2D eigenvalue weighted by atomic mass is 16.6. The SMILES string of the molecule is Cc1nc(-c2cnc(NC3CCCC(C)C3)[nH]2)ncc1[N+](=O)[O-]. The summed E-state index contributed by atoms with van der Waals surface area (Å²) in [4.78, 5) is 26.0. The Bertz CT molecular complexity index is 714. The summed E-state index contributed by atoms with van der Waals surface area (Å²) in [6.45, 7) is 3.87. The predicted octanol–water partition coefficient (Wildman–Crippen LogP) is 3.07. The molecule has 2 heterocycles. The van der Waals surface area contributed by atoms with Gasteiger partial charge in [0.1, 0.15) is 17.6 Å². The van der Waals surface area contributed by atoms with Crippen LogP contribution >= 0.6 is 0 Å². The number of nitrogens with one attached hydrogen (secondary N) is 2. The van der Waals surface area contributed by atoms with Crippen LogP contribution in [0.5, 0.6) is 0 Å². The second-order valence-corrected chi connectivity index (χ2v) is 6.18. The fourth-order valence-electron chi connectivity index (χ4n) is 3.04. The number of aromatic amines is 1. The van der Waals surface area contributed by atoms with E-state index in [1.807, 2.05) is 0 Å². The van der Waals surface area contributed by atoms with Gasteiger partial charge in [0, 0.05) is 6.04 Å². The third-order valence-corrected chi connectivity index (χ3v) is 4.24. The topological polar surface area (TPSA) is 110 Å². The van der Waals surface area contributed by atoms with Gasteiger partial charge >= 0.3 is 5.69 Å². The molecule has 8 heteroatoms. The number of nitrogens with zero attached hydrogens (tertiary/aromatic N) is 4. The largest absolute Gasteiger partial charge is 0.353 e. The highest BCUT2D eigenvalue weighted by Gasteiger charge is 2.20. The number of hydrogen-bond donors (Lipinski definition) is 2. The van der Waals surface area contributed by atoms with Crippen molar-refractivity contribution < 1.29 is 4.92 Å². The highest BCUT2D eigenvalue weighted by Crippen LogP contribution is 2.26. The summed E-state index contributed by atoms with van der Waals surface area (Å²) in [7, 11) is 0. The van der Waals surface area contributed by atoms with Crippen LogP contribution in [0.1, 0.15) is 38.3 Å². The fraction of sp³-hybridized carbons (Fsp3) is 0.533. The minimum absolute atomic E-state index is 0.0807. The molecule has 1 fully saturated rings. The normalized spacial score (nSPS) is 21.1. The van der Waals surface area contributed by atoms with E-state index in [1.54, 1.807) is 13.1 Å². The molecular formula is C15H20N6O2. The molecule has 1 aliphatic rings. The van der Waals surface area contributed by atoms with E-state index in [0.717, 1.165) is 18.8 Å². The molecule has 2 N–H and O–H groups in total. The zero-order valence-electron chi connectivity index (χ0n) is 13.2. The second-order valence-electron chi connectivity index (χ2n) is 6.18. The second kappa shape index (κ2) is 6.31. The summed E-state index contributed by atoms with van der Waals surface area (Å²) in [5.41, 5.74) is 0.905. The van der Waals surface area contributed by atoms with Crippen molar-refractivity contribution in [2.75, 3.05) is 5.32 Å². The molecule has 2 atom stereocenters. The van der Waals surface area contributed by atoms with Crippen molar-refractivity contribution in [1.82, 2.24) is 19.9 Å². The molecule has 2 aromatic rings. The van der Waals surface area contributed by atoms with Crippen LogP contribution < -0.4 is 5.32 Å². The van der Waals surface area contributed by atoms with Crippen LogP contribution in [-0.4, -0.2) is 30.9 Å². The van der Waals surface area contributed by atoms with Gasteiger partial charge in [0.2, 0.25) is 5.95 Å². The molecule has 0 bridgehead atoms. The van der Waals surface area contributed by atoms with E-state index in [2.05, 4.69) is 32.2 Å². The molecule has 8 nitrogen and oxygen atoms in total. The maximum atomic E-state index is 10.8. The lowest BCUT2D eigenvalue weighted by Gasteiger charge is -2.27. The maximum Gasteiger partial charge on any atom is 0.308 e. The summed E-state index contributed by atoms with van der Waals surface area (Å²) < 4.78 is 0. The molecule has 2 aromatic heterocycles. The Morgan fingerprint density at radius 3 is 2.87 bits per heavy atom. The summed E-state index contributed by atoms with van der Waals surface area (Å²) in [6, 6.07) is 0.428. The van der Waals surface area contributed by atoms with E-state index in [1.165, 1.54) is 19.0 Å². The van der Waals surface area contributed by atoms with E-state index in [4.69, 9.17) is 0 Å². The number of nitro groups is 1. The van der Waals surface area contributed by atoms with Crippen LogP contribution in [0.4, 0.5) is 11.6 Å². The minimum atomic E-state index is -0.483. The van der Waals surface area contributed by atoms with Crippen LogP contribution in [0.2, 0.25) is 0 Å². The Kier molecular flexibility index (Phi) is 4.22. The summed E-state index contributed by atoms with van der Waals surface area (Å²) in [5, 5.41) is 14.2. The molecule has 0 aliphatic heterocycles. The standard InChI is InChI=1S/C15H20N6O2/c1-9-4-3-5-11(6-9)19-15-17-7-12(20-15)14-16-8-13(21(22)23)10(2)18-14/h7-9,11H,3-6H2,1-2H3,(H2,17,19,20). The van der Waals surface area contributed by atoms with Crippen LogP contribution in [0.3, 0.4) is 0 Å². The van der Waals surface area contributed by atoms with Gasteiger partial charge in [-0.3, -0.25) is 10.1 Å². The number of anilines is 1. The molecule has 0 amide bonds. The van der Waals surface area contributed by atoms with Gasteiger partial charge in [0.25, 0.3) is 0 Å². The van der Waals surface area contributed by atoms with E-state index in [0.29, 0.717) is 29.2 Å². The molecule has 2 unspecified atom stereocenters. The molecule has 0 saturated heterocycles. The first-order valence-electron chi connectivity index (χ1n) is 7.83. The number of aryl methyl sites for hydroxylation is 1. The first kappa shape index (κ1) is 15.4. The first-order valence-corrected chi connectivity index (χ1v) is 7.83. The van der Waals surface area contributed by atoms with E-state index in [9.17, 15) is 10.1 Å². The molecule has 122 valence electrons. The lowest BCUT2D eigenvalue weighted by atomic mass is 9.87. The van der Waals surface area contributed by atoms with Gasteiger partial charge in [0.05, 0.1) is 11.1 Å². The van der Waals surface area contributed by atoms with E-state index in [-0.39, 0.29) is 5.69 Å². The van der Waals surface area contributed by atoms with E-state index < -0.39 is 4.92 Å². The smallest absolute Gasteiger partial charge is 0.308 e. The number of H-pyrrole nitrogens is 1. The van der Waals surface area contributed by atoms with Gasteiger partial charge < -0.3 is 10.3 Å². The Balaban J connectivity index is 1.74. The number of aromatic nitrogens is 4. The minimum Gasteiger partial charge on any atom is -0.353 e. The monoisotopic (exact) mass is 316 g/mol. The zero-order valence-corrected chi connectivity index (χ0v) is 13.2. The fourth-order valence-corrected chi connectivity index (χ4v) is 3.04. The zero-order chi connectivity index (χ0) is 16.4. The third-order valence-electron chi connectivity index (χ3n) is 4.24. The molecule has 0 radical (unpaired) electrons. The summed E-state index contributed by atoms with van der Waals surface area (Å²) >= 11 is 0. The van der Waals surface area contributed by atoms with Crippen LogP contribution in [0, 0.1) is 23.0 Å². The number of imidazole rings is 1. The average molecular weight is 316 g/mol. The van der Waals surface area contributed by atoms with Gasteiger partial charge in [-0.2, -0.15) is 0 Å². The van der Waals surface area contributed by atoms with Crippen molar-refractivity contribution in [3.63, 3.8) is 0 Å². The lowest BCUT2D eigenvalue weighted by Crippen LogP contribution is -2.26. The third kappa shape index (κ3) is 3.46. The average Bonchev–Trinajstić information content (AvgIpc) is 2.95. The number of hydrogen-bond acceptors (Lipinski definition) is 6. The molecule has 3 rings (SSSR count). The quantitative estimate of drug-likeness (QED) is 0.662. The van der Waals surface area contributed by atoms with Gasteiger partial charge in [-0.15, -0.1) is 0 Å². The van der Waals surface area contributed by atoms with E-state index >= 15 is 0 Å². The van der Waals surface area contributed by atoms with Crippen LogP contribution in [0.25, 0.3) is 11.5 Å². The highest BCUT2D eigenvalue weighted by molar-refractivity contribution is 5.53. The molecule has 0 spiro atoms. The summed E-state index contributed by atoms with van der Waals surface area (Å²) in [5.74, 6) is 1.83. The van der Waals surface area contributed by atoms with Crippen molar-refractivity contribution in [2.45, 2.75) is 45.6 Å². The molecule has 23 heavy (non-hydrogen) atoms. The molecule has 0 aromatic carbocycles. The van der Waals surface area contributed by atoms with Gasteiger partial charge in [-0.25, -0.2) is 15.0 Å². The first-order chi connectivity index (χ1) is 11.0. The summed E-state index contributed by atoms with van der Waals surface area (Å²) in [6.07, 6.45) is 7.69. The van der Waals surface area contributed by atoms with Crippen molar-refractivity contribution >= 4 is 11.6 Å². The Morgan fingerprint density at radius 1 is 1.35 bits per heavy atom. The van der Waals surface area contributed by atoms with Crippen molar-refractivity contribution in [3.8, 4) is 11.5 Å². The maximum absolute atomic E-state index is 10.8. The lowest BCUT2D eigenvalue weighted by molar-refractivity contribution is -0.386. The van der Waals surface area contributed by atoms with Gasteiger partial charge in [0.15, 0.2) is 5.82 Å². The van der Waals surface area contributed by atoms with Crippen LogP contribution in [-0.2, 0) is 0 Å². The molecular weight excluding hydrogens is 296 g/mol. The van der Waals surface area contributed by atoms with Crippen molar-refractivity contribution in [2.24, 2.45) is 5.92 Å². The van der Waals surface area contributed by atoms with Crippen molar-refractivity contribution in [3.05, 3.63) is 28.2 Å².